The molecule has 0 unspecified atom stereocenters. The lowest BCUT2D eigenvalue weighted by Gasteiger charge is -2.12. The van der Waals surface area contributed by atoms with Crippen LogP contribution in [-0.4, -0.2) is 26.3 Å². The van der Waals surface area contributed by atoms with E-state index in [0.717, 1.165) is 5.56 Å². The number of aryl methyl sites for hydroxylation is 1. The summed E-state index contributed by atoms with van der Waals surface area (Å²) in [5, 5.41) is 0.562. The van der Waals surface area contributed by atoms with E-state index in [-0.39, 0.29) is 5.78 Å². The average Bonchev–Trinajstić information content (AvgIpc) is 2.23. The summed E-state index contributed by atoms with van der Waals surface area (Å²) in [4.78, 5) is 11.8. The molecule has 1 rings (SSSR count). The van der Waals surface area contributed by atoms with E-state index in [2.05, 4.69) is 0 Å². The zero-order valence-electron chi connectivity index (χ0n) is 8.91. The Morgan fingerprint density at radius 2 is 1.93 bits per heavy atom. The Hall–Kier alpha value is -0.900. The highest BCUT2D eigenvalue weighted by atomic mass is 35.5. The number of ketones is 1. The predicted octanol–water partition coefficient (Wildman–Crippen LogP) is 2.45. The first-order chi connectivity index (χ1) is 7.10. The second-order valence-corrected chi connectivity index (χ2v) is 3.54. The molecule has 0 saturated carbocycles. The number of methoxy groups -OCH3 is 2. The van der Waals surface area contributed by atoms with Crippen LogP contribution in [0.3, 0.4) is 0 Å². The van der Waals surface area contributed by atoms with Crippen molar-refractivity contribution in [1.29, 1.82) is 0 Å². The van der Waals surface area contributed by atoms with Crippen LogP contribution in [0.4, 0.5) is 0 Å². The Labute approximate surface area is 93.9 Å². The van der Waals surface area contributed by atoms with Crippen LogP contribution in [0.2, 0.25) is 5.02 Å². The smallest absolute Gasteiger partial charge is 0.222 e. The fourth-order valence-electron chi connectivity index (χ4n) is 1.19. The summed E-state index contributed by atoms with van der Waals surface area (Å²) in [5.41, 5.74) is 1.42. The molecule has 1 aromatic carbocycles. The van der Waals surface area contributed by atoms with Gasteiger partial charge in [-0.1, -0.05) is 23.7 Å². The van der Waals surface area contributed by atoms with Gasteiger partial charge in [-0.3, -0.25) is 4.79 Å². The van der Waals surface area contributed by atoms with Gasteiger partial charge in [-0.05, 0) is 18.6 Å². The van der Waals surface area contributed by atoms with E-state index in [1.165, 1.54) is 14.2 Å². The zero-order valence-corrected chi connectivity index (χ0v) is 9.67. The highest BCUT2D eigenvalue weighted by Gasteiger charge is 2.19. The van der Waals surface area contributed by atoms with Crippen LogP contribution >= 0.6 is 11.6 Å². The van der Waals surface area contributed by atoms with Crippen molar-refractivity contribution in [3.05, 3.63) is 34.3 Å². The van der Waals surface area contributed by atoms with E-state index < -0.39 is 6.29 Å². The molecular weight excluding hydrogens is 216 g/mol. The second-order valence-electron chi connectivity index (χ2n) is 3.13. The number of ether oxygens (including phenoxy) is 2. The van der Waals surface area contributed by atoms with Gasteiger partial charge >= 0.3 is 0 Å². The van der Waals surface area contributed by atoms with E-state index in [1.54, 1.807) is 18.2 Å². The van der Waals surface area contributed by atoms with E-state index in [9.17, 15) is 4.79 Å². The molecule has 0 fully saturated rings. The van der Waals surface area contributed by atoms with Gasteiger partial charge in [0.05, 0.1) is 0 Å². The van der Waals surface area contributed by atoms with Crippen LogP contribution in [0.25, 0.3) is 0 Å². The van der Waals surface area contributed by atoms with Crippen LogP contribution in [0.15, 0.2) is 18.2 Å². The fourth-order valence-corrected chi connectivity index (χ4v) is 1.37. The Balaban J connectivity index is 2.96. The maximum Gasteiger partial charge on any atom is 0.222 e. The van der Waals surface area contributed by atoms with Gasteiger partial charge in [0, 0.05) is 24.8 Å². The molecule has 0 bridgehead atoms. The van der Waals surface area contributed by atoms with Crippen LogP contribution in [0.1, 0.15) is 15.9 Å². The first kappa shape index (κ1) is 12.2. The summed E-state index contributed by atoms with van der Waals surface area (Å²) < 4.78 is 9.74. The average molecular weight is 229 g/mol. The van der Waals surface area contributed by atoms with Crippen molar-refractivity contribution < 1.29 is 14.3 Å². The molecule has 0 aliphatic rings. The van der Waals surface area contributed by atoms with Crippen LogP contribution < -0.4 is 0 Å². The second kappa shape index (κ2) is 5.26. The van der Waals surface area contributed by atoms with E-state index in [0.29, 0.717) is 10.6 Å². The number of carbonyl (C=O) groups excluding carboxylic acids is 1. The van der Waals surface area contributed by atoms with Gasteiger partial charge in [0.1, 0.15) is 0 Å². The first-order valence-electron chi connectivity index (χ1n) is 4.46. The van der Waals surface area contributed by atoms with Gasteiger partial charge in [0.15, 0.2) is 0 Å². The molecule has 0 aromatic heterocycles. The van der Waals surface area contributed by atoms with Crippen molar-refractivity contribution in [1.82, 2.24) is 0 Å². The summed E-state index contributed by atoms with van der Waals surface area (Å²) in [6.07, 6.45) is -0.872. The zero-order chi connectivity index (χ0) is 11.4. The highest BCUT2D eigenvalue weighted by Crippen LogP contribution is 2.18. The molecule has 0 saturated heterocycles. The molecule has 0 N–H and O–H groups in total. The van der Waals surface area contributed by atoms with Crippen molar-refractivity contribution in [3.63, 3.8) is 0 Å². The third-order valence-corrected chi connectivity index (χ3v) is 2.51. The minimum Gasteiger partial charge on any atom is -0.349 e. The van der Waals surface area contributed by atoms with Gasteiger partial charge in [-0.25, -0.2) is 0 Å². The van der Waals surface area contributed by atoms with Crippen molar-refractivity contribution in [2.24, 2.45) is 0 Å². The van der Waals surface area contributed by atoms with Crippen molar-refractivity contribution in [2.75, 3.05) is 14.2 Å². The van der Waals surface area contributed by atoms with Crippen molar-refractivity contribution in [2.45, 2.75) is 13.2 Å². The van der Waals surface area contributed by atoms with Gasteiger partial charge in [0.25, 0.3) is 0 Å². The normalized spacial score (nSPS) is 10.7. The molecule has 0 amide bonds. The van der Waals surface area contributed by atoms with Crippen LogP contribution in [-0.2, 0) is 9.47 Å². The molecule has 0 aliphatic carbocycles. The third-order valence-electron chi connectivity index (χ3n) is 2.10. The minimum atomic E-state index is -0.872. The maximum absolute atomic E-state index is 11.8. The Bertz CT molecular complexity index is 359. The SMILES string of the molecule is COC(OC)C(=O)c1ccc(C)c(Cl)c1. The standard InChI is InChI=1S/C11H13ClO3/c1-7-4-5-8(6-9(7)12)10(13)11(14-2)15-3/h4-6,11H,1-3H3. The largest absolute Gasteiger partial charge is 0.349 e. The molecule has 15 heavy (non-hydrogen) atoms. The molecule has 1 aromatic rings. The number of hydrogen-bond acceptors (Lipinski definition) is 3. The number of benzene rings is 1. The summed E-state index contributed by atoms with van der Waals surface area (Å²) in [7, 11) is 2.84. The van der Waals surface area contributed by atoms with Crippen molar-refractivity contribution in [3.8, 4) is 0 Å². The number of rotatable bonds is 4. The Morgan fingerprint density at radius 1 is 1.33 bits per heavy atom. The minimum absolute atomic E-state index is 0.234. The van der Waals surface area contributed by atoms with E-state index in [1.807, 2.05) is 6.92 Å². The molecule has 0 spiro atoms. The van der Waals surface area contributed by atoms with Gasteiger partial charge in [-0.2, -0.15) is 0 Å². The number of hydrogen-bond donors (Lipinski definition) is 0. The molecule has 82 valence electrons. The molecular formula is C11H13ClO3. The molecule has 0 atom stereocenters. The fraction of sp³-hybridized carbons (Fsp3) is 0.364. The number of Topliss-reactive ketones (excluding diaryl/α,β-unsaturated/α-hetero) is 1. The van der Waals surface area contributed by atoms with E-state index >= 15 is 0 Å². The Morgan fingerprint density at radius 3 is 2.40 bits per heavy atom. The predicted molar refractivity (Wildman–Crippen MR) is 58.3 cm³/mol. The molecule has 4 heteroatoms. The highest BCUT2D eigenvalue weighted by molar-refractivity contribution is 6.31. The Kier molecular flexibility index (Phi) is 4.27. The van der Waals surface area contributed by atoms with Gasteiger partial charge < -0.3 is 9.47 Å². The van der Waals surface area contributed by atoms with Crippen molar-refractivity contribution >= 4 is 17.4 Å². The monoisotopic (exact) mass is 228 g/mol. The van der Waals surface area contributed by atoms with Gasteiger partial charge in [-0.15, -0.1) is 0 Å². The third kappa shape index (κ3) is 2.78. The van der Waals surface area contributed by atoms with Crippen LogP contribution in [0, 0.1) is 6.92 Å². The first-order valence-corrected chi connectivity index (χ1v) is 4.84. The molecule has 0 radical (unpaired) electrons. The molecule has 0 aliphatic heterocycles. The summed E-state index contributed by atoms with van der Waals surface area (Å²) in [6, 6.07) is 5.11. The summed E-state index contributed by atoms with van der Waals surface area (Å²) >= 11 is 5.92. The maximum atomic E-state index is 11.8. The number of halogens is 1. The molecule has 3 nitrogen and oxygen atoms in total. The van der Waals surface area contributed by atoms with Gasteiger partial charge in [0.2, 0.25) is 12.1 Å². The lowest BCUT2D eigenvalue weighted by Crippen LogP contribution is -2.24. The summed E-state index contributed by atoms with van der Waals surface area (Å²) in [6.45, 7) is 1.88. The lowest BCUT2D eigenvalue weighted by atomic mass is 10.1. The quantitative estimate of drug-likeness (QED) is 0.587. The number of carbonyl (C=O) groups is 1. The van der Waals surface area contributed by atoms with Crippen LogP contribution in [0.5, 0.6) is 0 Å². The lowest BCUT2D eigenvalue weighted by molar-refractivity contribution is -0.0742. The topological polar surface area (TPSA) is 35.5 Å². The molecule has 0 heterocycles. The summed E-state index contributed by atoms with van der Waals surface area (Å²) in [5.74, 6) is -0.234. The van der Waals surface area contributed by atoms with E-state index in [4.69, 9.17) is 21.1 Å².